The van der Waals surface area contributed by atoms with Crippen molar-refractivity contribution in [3.05, 3.63) is 16.3 Å². The molecule has 98 valence electrons. The van der Waals surface area contributed by atoms with Crippen LogP contribution in [0.1, 0.15) is 0 Å². The first-order valence-electron chi connectivity index (χ1n) is 5.26. The molecule has 0 aliphatic carbocycles. The van der Waals surface area contributed by atoms with Crippen LogP contribution < -0.4 is 0 Å². The Kier molecular flexibility index (Phi) is 3.43. The number of likely N-dealkylation sites (N-methyl/N-ethyl adjacent to an activating group) is 2. The summed E-state index contributed by atoms with van der Waals surface area (Å²) in [6.45, 7) is 0.966. The van der Waals surface area contributed by atoms with Gasteiger partial charge in [-0.1, -0.05) is 0 Å². The van der Waals surface area contributed by atoms with Gasteiger partial charge >= 0.3 is 5.00 Å². The molecule has 0 bridgehead atoms. The Morgan fingerprint density at radius 1 is 1.56 bits per heavy atom. The summed E-state index contributed by atoms with van der Waals surface area (Å²) in [6.07, 6.45) is 0.770. The maximum atomic E-state index is 10.6. The molecule has 0 atom stereocenters. The minimum atomic E-state index is -0.487. The third-order valence-corrected chi connectivity index (χ3v) is 3.35. The van der Waals surface area contributed by atoms with Crippen LogP contribution in [0.2, 0.25) is 0 Å². The van der Waals surface area contributed by atoms with E-state index < -0.39 is 11.0 Å². The lowest BCUT2D eigenvalue weighted by Crippen LogP contribution is -2.53. The minimum absolute atomic E-state index is 0.0319. The fraction of sp³-hybridized carbons (Fsp3) is 0.556. The third kappa shape index (κ3) is 2.57. The number of nitrogens with zero attached hydrogens (tertiary/aromatic N) is 5. The highest BCUT2D eigenvalue weighted by atomic mass is 32.1. The number of hydrogen-bond acceptors (Lipinski definition) is 6. The smallest absolute Gasteiger partial charge is 0.345 e. The molecule has 1 aliphatic rings. The molecule has 0 aromatic carbocycles. The van der Waals surface area contributed by atoms with Crippen molar-refractivity contribution in [2.24, 2.45) is 4.99 Å². The Bertz CT molecular complexity index is 474. The minimum Gasteiger partial charge on any atom is -0.389 e. The second-order valence-electron chi connectivity index (χ2n) is 4.06. The molecule has 1 saturated heterocycles. The van der Waals surface area contributed by atoms with Gasteiger partial charge in [-0.15, -0.1) is 0 Å². The highest BCUT2D eigenvalue weighted by Crippen LogP contribution is 2.28. The van der Waals surface area contributed by atoms with Crippen LogP contribution in [0.3, 0.4) is 0 Å². The van der Waals surface area contributed by atoms with Gasteiger partial charge in [0.05, 0.1) is 11.0 Å². The molecule has 0 spiro atoms. The molecule has 0 radical (unpaired) electrons. The van der Waals surface area contributed by atoms with Crippen LogP contribution in [0.25, 0.3) is 0 Å². The number of hydrogen-bond donors (Lipinski definition) is 1. The number of β-amino-alcohol motifs (C(OH)–C–C–N with tert-alkyl or cyclic N) is 1. The van der Waals surface area contributed by atoms with Crippen molar-refractivity contribution in [3.8, 4) is 0 Å². The van der Waals surface area contributed by atoms with Crippen molar-refractivity contribution < 1.29 is 10.0 Å². The lowest BCUT2D eigenvalue weighted by Gasteiger charge is -2.36. The summed E-state index contributed by atoms with van der Waals surface area (Å²) < 4.78 is 0. The molecule has 0 unspecified atom stereocenters. The van der Waals surface area contributed by atoms with Crippen molar-refractivity contribution in [1.29, 1.82) is 0 Å². The number of guanidine groups is 1. The van der Waals surface area contributed by atoms with E-state index in [1.54, 1.807) is 23.9 Å². The van der Waals surface area contributed by atoms with E-state index in [2.05, 4.69) is 9.98 Å². The Labute approximate surface area is 107 Å². The van der Waals surface area contributed by atoms with Gasteiger partial charge in [0.25, 0.3) is 0 Å². The second kappa shape index (κ2) is 4.86. The van der Waals surface area contributed by atoms with Crippen molar-refractivity contribution in [2.75, 3.05) is 27.2 Å². The zero-order valence-electron chi connectivity index (χ0n) is 9.98. The van der Waals surface area contributed by atoms with E-state index in [-0.39, 0.29) is 5.00 Å². The number of nitro groups is 1. The van der Waals surface area contributed by atoms with E-state index in [1.807, 2.05) is 0 Å². The normalized spacial score (nSPS) is 20.2. The highest BCUT2D eigenvalue weighted by Gasteiger charge is 2.24. The van der Waals surface area contributed by atoms with Crippen molar-refractivity contribution in [1.82, 2.24) is 14.8 Å². The predicted octanol–water partition coefficient (Wildman–Crippen LogP) is 0.277. The van der Waals surface area contributed by atoms with Gasteiger partial charge in [0.15, 0.2) is 0 Å². The molecule has 1 N–H and O–H groups in total. The first kappa shape index (κ1) is 12.7. The second-order valence-corrected chi connectivity index (χ2v) is 5.05. The van der Waals surface area contributed by atoms with E-state index in [0.717, 1.165) is 11.3 Å². The van der Waals surface area contributed by atoms with Gasteiger partial charge in [-0.2, -0.15) is 4.99 Å². The zero-order chi connectivity index (χ0) is 13.3. The highest BCUT2D eigenvalue weighted by molar-refractivity contribution is 7.18. The van der Waals surface area contributed by atoms with Crippen LogP contribution in [-0.2, 0) is 0 Å². The number of rotatable bonds is 2. The molecular formula is C9H13N5O3S. The number of aliphatic imine (C=N–C) groups is 1. The van der Waals surface area contributed by atoms with E-state index in [9.17, 15) is 15.2 Å². The van der Waals surface area contributed by atoms with Gasteiger partial charge in [0.2, 0.25) is 11.1 Å². The number of thiazole rings is 1. The molecular weight excluding hydrogens is 258 g/mol. The van der Waals surface area contributed by atoms with Crippen LogP contribution in [0.4, 0.5) is 10.1 Å². The number of aliphatic hydroxyl groups is 1. The SMILES string of the molecule is CN1CC(O)CN(C)C1=Nc1ncc([N+](=O)[O-])s1. The summed E-state index contributed by atoms with van der Waals surface area (Å²) in [4.78, 5) is 21.8. The van der Waals surface area contributed by atoms with E-state index >= 15 is 0 Å². The summed E-state index contributed by atoms with van der Waals surface area (Å²) in [5.74, 6) is 0.643. The van der Waals surface area contributed by atoms with Crippen LogP contribution >= 0.6 is 11.3 Å². The first-order valence-corrected chi connectivity index (χ1v) is 6.08. The molecule has 8 nitrogen and oxygen atoms in total. The van der Waals surface area contributed by atoms with Crippen LogP contribution in [0.15, 0.2) is 11.2 Å². The molecule has 1 aromatic rings. The number of aliphatic hydroxyl groups excluding tert-OH is 1. The summed E-state index contributed by atoms with van der Waals surface area (Å²) in [5, 5.41) is 20.4. The standard InChI is InChI=1S/C9H13N5O3S/c1-12-4-6(15)5-13(2)9(12)11-8-10-3-7(18-8)14(16)17/h3,6,15H,4-5H2,1-2H3. The Morgan fingerprint density at radius 2 is 2.17 bits per heavy atom. The summed E-state index contributed by atoms with van der Waals surface area (Å²) in [7, 11) is 3.61. The molecule has 0 saturated carbocycles. The predicted molar refractivity (Wildman–Crippen MR) is 67.1 cm³/mol. The molecule has 0 amide bonds. The topological polar surface area (TPSA) is 95.1 Å². The Morgan fingerprint density at radius 3 is 2.67 bits per heavy atom. The molecule has 2 heterocycles. The van der Waals surface area contributed by atoms with Gasteiger partial charge in [-0.25, -0.2) is 4.98 Å². The maximum absolute atomic E-state index is 10.6. The van der Waals surface area contributed by atoms with E-state index in [1.165, 1.54) is 6.20 Å². The van der Waals surface area contributed by atoms with E-state index in [4.69, 9.17) is 0 Å². The zero-order valence-corrected chi connectivity index (χ0v) is 10.8. The van der Waals surface area contributed by atoms with Gasteiger partial charge in [-0.3, -0.25) is 10.1 Å². The molecule has 18 heavy (non-hydrogen) atoms. The molecule has 2 rings (SSSR count). The Hall–Kier alpha value is -1.74. The summed E-state index contributed by atoms with van der Waals surface area (Å²) in [6, 6.07) is 0. The van der Waals surface area contributed by atoms with Crippen LogP contribution in [-0.4, -0.2) is 64.1 Å². The van der Waals surface area contributed by atoms with Gasteiger partial charge in [-0.05, 0) is 11.3 Å². The first-order chi connectivity index (χ1) is 8.47. The van der Waals surface area contributed by atoms with Crippen molar-refractivity contribution in [2.45, 2.75) is 6.10 Å². The van der Waals surface area contributed by atoms with E-state index in [0.29, 0.717) is 24.2 Å². The van der Waals surface area contributed by atoms with Gasteiger partial charge in [0.1, 0.15) is 6.20 Å². The van der Waals surface area contributed by atoms with Gasteiger partial charge in [0, 0.05) is 27.2 Å². The Balaban J connectivity index is 2.23. The average molecular weight is 271 g/mol. The molecule has 1 aromatic heterocycles. The molecule has 1 aliphatic heterocycles. The summed E-state index contributed by atoms with van der Waals surface area (Å²) >= 11 is 0.926. The van der Waals surface area contributed by atoms with Crippen LogP contribution in [0.5, 0.6) is 0 Å². The van der Waals surface area contributed by atoms with Crippen molar-refractivity contribution >= 4 is 27.4 Å². The third-order valence-electron chi connectivity index (χ3n) is 2.51. The quantitative estimate of drug-likeness (QED) is 0.613. The monoisotopic (exact) mass is 271 g/mol. The fourth-order valence-corrected chi connectivity index (χ4v) is 2.39. The maximum Gasteiger partial charge on any atom is 0.345 e. The largest absolute Gasteiger partial charge is 0.389 e. The lowest BCUT2D eigenvalue weighted by atomic mass is 10.2. The average Bonchev–Trinajstić information content (AvgIpc) is 2.71. The molecule has 1 fully saturated rings. The fourth-order valence-electron chi connectivity index (χ4n) is 1.79. The van der Waals surface area contributed by atoms with Crippen molar-refractivity contribution in [3.63, 3.8) is 0 Å². The van der Waals surface area contributed by atoms with Crippen LogP contribution in [0, 0.1) is 10.1 Å². The number of aromatic nitrogens is 1. The lowest BCUT2D eigenvalue weighted by molar-refractivity contribution is -0.380. The summed E-state index contributed by atoms with van der Waals surface area (Å²) in [5.41, 5.74) is 0. The van der Waals surface area contributed by atoms with Gasteiger partial charge < -0.3 is 14.9 Å². The molecule has 9 heteroatoms.